The molecule has 0 aliphatic rings. The van der Waals surface area contributed by atoms with Crippen LogP contribution in [0.4, 0.5) is 0 Å². The second-order valence-electron chi connectivity index (χ2n) is 5.76. The van der Waals surface area contributed by atoms with Gasteiger partial charge in [0.15, 0.2) is 0 Å². The molecule has 0 bridgehead atoms. The highest BCUT2D eigenvalue weighted by Crippen LogP contribution is 2.18. The van der Waals surface area contributed by atoms with Crippen LogP contribution in [0.15, 0.2) is 0 Å². The molecule has 0 saturated heterocycles. The van der Waals surface area contributed by atoms with E-state index in [2.05, 4.69) is 5.48 Å². The van der Waals surface area contributed by atoms with Crippen molar-refractivity contribution in [2.45, 2.75) is 63.8 Å². The summed E-state index contributed by atoms with van der Waals surface area (Å²) in [5.74, 6) is 0. The molecule has 3 N–H and O–H groups in total. The van der Waals surface area contributed by atoms with Gasteiger partial charge in [0.05, 0.1) is 6.61 Å². The zero-order valence-electron chi connectivity index (χ0n) is 15.4. The summed E-state index contributed by atoms with van der Waals surface area (Å²) >= 11 is 0. The first-order chi connectivity index (χ1) is 11.2. The van der Waals surface area contributed by atoms with E-state index in [9.17, 15) is 0 Å². The Balaban J connectivity index is 3.25. The fourth-order valence-corrected chi connectivity index (χ4v) is 4.33. The molecular weight excluding hydrogens is 312 g/mol. The minimum atomic E-state index is -2.34. The van der Waals surface area contributed by atoms with Crippen molar-refractivity contribution in [2.75, 3.05) is 41.0 Å². The lowest BCUT2D eigenvalue weighted by Crippen LogP contribution is -2.42. The summed E-state index contributed by atoms with van der Waals surface area (Å²) in [6.45, 7) is 2.07. The molecule has 0 rings (SSSR count). The van der Waals surface area contributed by atoms with Gasteiger partial charge in [-0.25, -0.2) is 5.48 Å². The van der Waals surface area contributed by atoms with Crippen molar-refractivity contribution in [3.8, 4) is 0 Å². The number of hydrogen-bond acceptors (Lipinski definition) is 6. The molecule has 0 atom stereocenters. The number of nitrogens with two attached hydrogens (primary N) is 1. The Hall–Kier alpha value is -0.0231. The molecule has 0 aliphatic carbocycles. The van der Waals surface area contributed by atoms with Crippen molar-refractivity contribution in [1.29, 1.82) is 0 Å². The molecule has 0 radical (unpaired) electrons. The van der Waals surface area contributed by atoms with Gasteiger partial charge in [0, 0.05) is 40.5 Å². The fourth-order valence-electron chi connectivity index (χ4n) is 2.54. The predicted molar refractivity (Wildman–Crippen MR) is 96.2 cm³/mol. The smallest absolute Gasteiger partial charge is 0.377 e. The van der Waals surface area contributed by atoms with E-state index < -0.39 is 8.80 Å². The number of hydrogen-bond donors (Lipinski definition) is 2. The average molecular weight is 351 g/mol. The summed E-state index contributed by atoms with van der Waals surface area (Å²) < 4.78 is 16.3. The Morgan fingerprint density at radius 3 is 1.70 bits per heavy atom. The molecule has 0 heterocycles. The highest BCUT2D eigenvalue weighted by atomic mass is 28.4. The van der Waals surface area contributed by atoms with Crippen LogP contribution < -0.4 is 11.2 Å². The van der Waals surface area contributed by atoms with Crippen LogP contribution in [0.1, 0.15) is 57.8 Å². The first-order valence-electron chi connectivity index (χ1n) is 8.95. The number of nitrogens with one attached hydrogen (secondary N) is 1. The molecule has 0 spiro atoms. The van der Waals surface area contributed by atoms with Gasteiger partial charge in [-0.1, -0.05) is 44.9 Å². The Kier molecular flexibility index (Phi) is 16.8. The van der Waals surface area contributed by atoms with E-state index in [-0.39, 0.29) is 0 Å². The van der Waals surface area contributed by atoms with E-state index in [1.807, 2.05) is 0 Å². The van der Waals surface area contributed by atoms with Gasteiger partial charge in [0.2, 0.25) is 0 Å². The van der Waals surface area contributed by atoms with Crippen LogP contribution >= 0.6 is 0 Å². The van der Waals surface area contributed by atoms with Crippen LogP contribution in [-0.2, 0) is 18.1 Å². The monoisotopic (exact) mass is 350 g/mol. The molecule has 0 aromatic carbocycles. The van der Waals surface area contributed by atoms with Crippen molar-refractivity contribution < 1.29 is 18.1 Å². The van der Waals surface area contributed by atoms with E-state index in [0.717, 1.165) is 19.0 Å². The van der Waals surface area contributed by atoms with Crippen molar-refractivity contribution in [3.05, 3.63) is 0 Å². The molecule has 0 fully saturated rings. The molecule has 0 unspecified atom stereocenters. The molecule has 0 aliphatic heterocycles. The zero-order chi connectivity index (χ0) is 17.2. The molecule has 23 heavy (non-hydrogen) atoms. The van der Waals surface area contributed by atoms with E-state index in [1.54, 1.807) is 21.3 Å². The van der Waals surface area contributed by atoms with Crippen LogP contribution in [0.3, 0.4) is 0 Å². The minimum Gasteiger partial charge on any atom is -0.377 e. The Bertz CT molecular complexity index is 236. The van der Waals surface area contributed by atoms with Gasteiger partial charge in [0.1, 0.15) is 0 Å². The molecule has 6 nitrogen and oxygen atoms in total. The largest absolute Gasteiger partial charge is 0.500 e. The Labute approximate surface area is 143 Å². The second kappa shape index (κ2) is 16.8. The summed E-state index contributed by atoms with van der Waals surface area (Å²) in [5, 5.41) is 0. The first-order valence-corrected chi connectivity index (χ1v) is 10.9. The fraction of sp³-hybridized carbons (Fsp3) is 1.00. The molecule has 0 saturated carbocycles. The lowest BCUT2D eigenvalue weighted by molar-refractivity contribution is 0.0459. The molecule has 0 amide bonds. The van der Waals surface area contributed by atoms with Gasteiger partial charge >= 0.3 is 8.80 Å². The maximum Gasteiger partial charge on any atom is 0.500 e. The third kappa shape index (κ3) is 13.0. The van der Waals surface area contributed by atoms with Crippen LogP contribution in [0.5, 0.6) is 0 Å². The molecule has 140 valence electrons. The molecule has 0 aromatic rings. The lowest BCUT2D eigenvalue weighted by atomic mass is 10.1. The maximum atomic E-state index is 5.42. The lowest BCUT2D eigenvalue weighted by Gasteiger charge is -2.24. The topological polar surface area (TPSA) is 75.0 Å². The number of rotatable bonds is 18. The Morgan fingerprint density at radius 2 is 1.22 bits per heavy atom. The minimum absolute atomic E-state index is 0.568. The van der Waals surface area contributed by atoms with Crippen LogP contribution in [0, 0.1) is 0 Å². The standard InChI is InChI=1S/C16H38N2O4Si/c1-19-23(20-2,21-3)16-12-10-8-6-4-5-7-9-11-14-18-22-15-13-17/h18H,4-17H2,1-3H3. The zero-order valence-corrected chi connectivity index (χ0v) is 16.4. The highest BCUT2D eigenvalue weighted by Gasteiger charge is 2.36. The van der Waals surface area contributed by atoms with Gasteiger partial charge in [-0.05, 0) is 12.8 Å². The summed E-state index contributed by atoms with van der Waals surface area (Å²) in [6, 6.07) is 0.912. The van der Waals surface area contributed by atoms with E-state index in [4.69, 9.17) is 23.8 Å². The number of unbranched alkanes of at least 4 members (excludes halogenated alkanes) is 8. The third-order valence-electron chi connectivity index (χ3n) is 4.02. The second-order valence-corrected chi connectivity index (χ2v) is 8.85. The maximum absolute atomic E-state index is 5.42. The predicted octanol–water partition coefficient (Wildman–Crippen LogP) is 2.86. The van der Waals surface area contributed by atoms with E-state index in [1.165, 1.54) is 51.4 Å². The van der Waals surface area contributed by atoms with Crippen molar-refractivity contribution in [2.24, 2.45) is 5.73 Å². The third-order valence-corrected chi connectivity index (χ3v) is 6.85. The SMILES string of the molecule is CO[Si](CCCCCCCCCCCNOCCN)(OC)OC. The van der Waals surface area contributed by atoms with E-state index in [0.29, 0.717) is 13.2 Å². The van der Waals surface area contributed by atoms with E-state index >= 15 is 0 Å². The van der Waals surface area contributed by atoms with Crippen molar-refractivity contribution in [1.82, 2.24) is 5.48 Å². The van der Waals surface area contributed by atoms with Crippen LogP contribution in [0.2, 0.25) is 6.04 Å². The average Bonchev–Trinajstić information content (AvgIpc) is 2.59. The Morgan fingerprint density at radius 1 is 0.739 bits per heavy atom. The van der Waals surface area contributed by atoms with Gasteiger partial charge < -0.3 is 23.8 Å². The van der Waals surface area contributed by atoms with Gasteiger partial charge in [-0.15, -0.1) is 0 Å². The van der Waals surface area contributed by atoms with Crippen LogP contribution in [-0.4, -0.2) is 49.8 Å². The van der Waals surface area contributed by atoms with Crippen molar-refractivity contribution in [3.63, 3.8) is 0 Å². The molecular formula is C16H38N2O4Si. The normalized spacial score (nSPS) is 12.0. The number of hydroxylamine groups is 1. The molecule has 7 heteroatoms. The molecule has 0 aromatic heterocycles. The van der Waals surface area contributed by atoms with Gasteiger partial charge in [-0.2, -0.15) is 0 Å². The quantitative estimate of drug-likeness (QED) is 0.225. The summed E-state index contributed by atoms with van der Waals surface area (Å²) in [4.78, 5) is 5.11. The first kappa shape index (κ1) is 23.0. The summed E-state index contributed by atoms with van der Waals surface area (Å²) in [6.07, 6.45) is 11.4. The van der Waals surface area contributed by atoms with Gasteiger partial charge in [0.25, 0.3) is 0 Å². The summed E-state index contributed by atoms with van der Waals surface area (Å²) in [5.41, 5.74) is 8.26. The highest BCUT2D eigenvalue weighted by molar-refractivity contribution is 6.60. The van der Waals surface area contributed by atoms with Crippen molar-refractivity contribution >= 4 is 8.80 Å². The van der Waals surface area contributed by atoms with Crippen LogP contribution in [0.25, 0.3) is 0 Å². The van der Waals surface area contributed by atoms with Gasteiger partial charge in [-0.3, -0.25) is 0 Å². The summed E-state index contributed by atoms with van der Waals surface area (Å²) in [7, 11) is 2.70.